The van der Waals surface area contributed by atoms with Crippen molar-refractivity contribution in [2.75, 3.05) is 0 Å². The number of carbonyl (C=O) groups excluding carboxylic acids is 4. The van der Waals surface area contributed by atoms with Crippen LogP contribution in [0.25, 0.3) is 0 Å². The van der Waals surface area contributed by atoms with Crippen LogP contribution in [0, 0.1) is 0 Å². The second kappa shape index (κ2) is 16.4. The number of hydrogen-bond donors (Lipinski definition) is 3. The van der Waals surface area contributed by atoms with Crippen LogP contribution in [0.15, 0.2) is 41.5 Å². The van der Waals surface area contributed by atoms with Crippen molar-refractivity contribution in [2.45, 2.75) is 102 Å². The van der Waals surface area contributed by atoms with E-state index in [0.29, 0.717) is 57.9 Å². The van der Waals surface area contributed by atoms with Gasteiger partial charge in [0.1, 0.15) is 6.10 Å². The van der Waals surface area contributed by atoms with Crippen LogP contribution in [-0.4, -0.2) is 52.2 Å². The maximum absolute atomic E-state index is 13.3. The van der Waals surface area contributed by atoms with E-state index < -0.39 is 5.91 Å². The van der Waals surface area contributed by atoms with E-state index in [1.165, 1.54) is 0 Å². The summed E-state index contributed by atoms with van der Waals surface area (Å²) in [6.07, 6.45) is 13.3. The van der Waals surface area contributed by atoms with Gasteiger partial charge in [-0.2, -0.15) is 5.10 Å². The Hall–Kier alpha value is -3.53. The fraction of sp³-hybridized carbons (Fsp3) is 0.552. The number of hydroxylamine groups is 1. The number of fused-ring (bicyclic) bond motifs is 1. The number of nitrogens with zero attached hydrogens (tertiary/aromatic N) is 2. The second-order valence-corrected chi connectivity index (χ2v) is 10.1. The second-order valence-electron chi connectivity index (χ2n) is 10.1. The maximum Gasteiger partial charge on any atom is 0.306 e. The summed E-state index contributed by atoms with van der Waals surface area (Å²) in [6.45, 7) is 0.440. The number of benzene rings is 1. The third-order valence-electron chi connectivity index (χ3n) is 7.05. The van der Waals surface area contributed by atoms with Crippen LogP contribution in [0.5, 0.6) is 0 Å². The standard InChI is InChI=1S/C29H40N4O6/c34-26(12-4-3-5-13-27(35)32-38)31-30-20-22-16-18-23(19-17-22)21-33-24-10-8-9-11-25(24)39-29(37)15-7-2-1-6-14-28(33)36/h1-2,16-20,24-25,38H,3-15,21H2,(H,31,34)(H,32,35)/b2-1+,30-20+/t24-,25-/m1/s1. The molecule has 212 valence electrons. The summed E-state index contributed by atoms with van der Waals surface area (Å²) in [4.78, 5) is 50.4. The van der Waals surface area contributed by atoms with Crippen molar-refractivity contribution < 1.29 is 29.1 Å². The highest BCUT2D eigenvalue weighted by Gasteiger charge is 2.35. The number of amides is 3. The molecule has 3 amide bonds. The van der Waals surface area contributed by atoms with E-state index in [9.17, 15) is 19.2 Å². The lowest BCUT2D eigenvalue weighted by atomic mass is 9.90. The van der Waals surface area contributed by atoms with Crippen LogP contribution < -0.4 is 10.9 Å². The number of hydrogen-bond acceptors (Lipinski definition) is 7. The highest BCUT2D eigenvalue weighted by molar-refractivity contribution is 5.82. The Morgan fingerprint density at radius 2 is 1.67 bits per heavy atom. The van der Waals surface area contributed by atoms with E-state index in [-0.39, 0.29) is 36.4 Å². The Morgan fingerprint density at radius 1 is 0.974 bits per heavy atom. The third-order valence-corrected chi connectivity index (χ3v) is 7.05. The first-order chi connectivity index (χ1) is 19.0. The average molecular weight is 541 g/mol. The molecule has 0 bridgehead atoms. The Balaban J connectivity index is 1.54. The maximum atomic E-state index is 13.3. The number of hydrazone groups is 1. The topological polar surface area (TPSA) is 137 Å². The average Bonchev–Trinajstić information content (AvgIpc) is 2.93. The molecule has 1 aromatic carbocycles. The highest BCUT2D eigenvalue weighted by atomic mass is 16.5. The van der Waals surface area contributed by atoms with Crippen molar-refractivity contribution in [1.29, 1.82) is 0 Å². The van der Waals surface area contributed by atoms with Crippen molar-refractivity contribution in [3.63, 3.8) is 0 Å². The van der Waals surface area contributed by atoms with Crippen molar-refractivity contribution in [1.82, 2.24) is 15.8 Å². The van der Waals surface area contributed by atoms with Crippen LogP contribution in [-0.2, 0) is 30.5 Å². The molecule has 1 aromatic rings. The molecule has 2 aliphatic rings. The summed E-state index contributed by atoms with van der Waals surface area (Å²) < 4.78 is 5.83. The number of rotatable bonds is 10. The third kappa shape index (κ3) is 10.6. The minimum Gasteiger partial charge on any atom is -0.460 e. The number of allylic oxidation sites excluding steroid dienone is 2. The zero-order valence-corrected chi connectivity index (χ0v) is 22.5. The monoisotopic (exact) mass is 540 g/mol. The quantitative estimate of drug-likeness (QED) is 0.103. The Bertz CT molecular complexity index is 1020. The van der Waals surface area contributed by atoms with E-state index in [0.717, 1.165) is 36.8 Å². The van der Waals surface area contributed by atoms with E-state index in [1.807, 2.05) is 41.3 Å². The molecule has 0 unspecified atom stereocenters. The number of ether oxygens (including phenoxy) is 1. The van der Waals surface area contributed by atoms with Gasteiger partial charge in [0.05, 0.1) is 12.3 Å². The molecular weight excluding hydrogens is 500 g/mol. The lowest BCUT2D eigenvalue weighted by molar-refractivity contribution is -0.159. The summed E-state index contributed by atoms with van der Waals surface area (Å²) in [7, 11) is 0. The molecule has 1 heterocycles. The Morgan fingerprint density at radius 3 is 2.41 bits per heavy atom. The lowest BCUT2D eigenvalue weighted by Crippen LogP contribution is -2.49. The van der Waals surface area contributed by atoms with Gasteiger partial charge in [0, 0.05) is 32.2 Å². The molecule has 2 atom stereocenters. The first-order valence-corrected chi connectivity index (χ1v) is 13.9. The largest absolute Gasteiger partial charge is 0.460 e. The van der Waals surface area contributed by atoms with Crippen molar-refractivity contribution in [3.05, 3.63) is 47.5 Å². The number of esters is 1. The molecule has 10 heteroatoms. The molecule has 0 aromatic heterocycles. The van der Waals surface area contributed by atoms with Crippen LogP contribution in [0.4, 0.5) is 0 Å². The fourth-order valence-electron chi connectivity index (χ4n) is 4.92. The van der Waals surface area contributed by atoms with Gasteiger partial charge in [-0.3, -0.25) is 24.4 Å². The summed E-state index contributed by atoms with van der Waals surface area (Å²) in [5, 5.41) is 12.5. The molecule has 1 aliphatic carbocycles. The van der Waals surface area contributed by atoms with Gasteiger partial charge in [-0.05, 0) is 56.1 Å². The van der Waals surface area contributed by atoms with Gasteiger partial charge in [0.2, 0.25) is 17.7 Å². The summed E-state index contributed by atoms with van der Waals surface area (Å²) in [6, 6.07) is 7.54. The minimum absolute atomic E-state index is 0.0678. The van der Waals surface area contributed by atoms with Crippen molar-refractivity contribution in [2.24, 2.45) is 5.10 Å². The summed E-state index contributed by atoms with van der Waals surface area (Å²) in [5.74, 6) is -0.771. The van der Waals surface area contributed by atoms with E-state index in [2.05, 4.69) is 10.5 Å². The van der Waals surface area contributed by atoms with Gasteiger partial charge >= 0.3 is 5.97 Å². The van der Waals surface area contributed by atoms with E-state index in [1.54, 1.807) is 11.7 Å². The molecule has 0 spiro atoms. The van der Waals surface area contributed by atoms with Crippen molar-refractivity contribution >= 4 is 29.9 Å². The normalized spacial score (nSPS) is 21.3. The molecule has 10 nitrogen and oxygen atoms in total. The van der Waals surface area contributed by atoms with Crippen LogP contribution >= 0.6 is 0 Å². The highest BCUT2D eigenvalue weighted by Crippen LogP contribution is 2.28. The van der Waals surface area contributed by atoms with Gasteiger partial charge in [-0.1, -0.05) is 49.3 Å². The zero-order valence-electron chi connectivity index (χ0n) is 22.5. The van der Waals surface area contributed by atoms with E-state index in [4.69, 9.17) is 9.94 Å². The predicted octanol–water partition coefficient (Wildman–Crippen LogP) is 3.91. The fourth-order valence-corrected chi connectivity index (χ4v) is 4.92. The van der Waals surface area contributed by atoms with Crippen LogP contribution in [0.2, 0.25) is 0 Å². The minimum atomic E-state index is -0.429. The smallest absolute Gasteiger partial charge is 0.306 e. The number of nitrogens with one attached hydrogen (secondary N) is 2. The summed E-state index contributed by atoms with van der Waals surface area (Å²) >= 11 is 0. The van der Waals surface area contributed by atoms with E-state index >= 15 is 0 Å². The van der Waals surface area contributed by atoms with Gasteiger partial charge < -0.3 is 9.64 Å². The Labute approximate surface area is 229 Å². The van der Waals surface area contributed by atoms with Crippen LogP contribution in [0.3, 0.4) is 0 Å². The molecule has 1 fully saturated rings. The first-order valence-electron chi connectivity index (χ1n) is 13.9. The molecule has 0 radical (unpaired) electrons. The summed E-state index contributed by atoms with van der Waals surface area (Å²) in [5.41, 5.74) is 5.87. The van der Waals surface area contributed by atoms with Gasteiger partial charge in [-0.25, -0.2) is 10.9 Å². The van der Waals surface area contributed by atoms with Crippen LogP contribution in [0.1, 0.15) is 94.6 Å². The van der Waals surface area contributed by atoms with Gasteiger partial charge in [0.25, 0.3) is 0 Å². The molecular formula is C29H40N4O6. The number of unbranched alkanes of at least 4 members (excludes halogenated alkanes) is 2. The zero-order chi connectivity index (χ0) is 27.9. The number of carbonyl (C=O) groups is 4. The lowest BCUT2D eigenvalue weighted by Gasteiger charge is -2.39. The van der Waals surface area contributed by atoms with Gasteiger partial charge in [-0.15, -0.1) is 0 Å². The molecule has 0 saturated heterocycles. The SMILES string of the molecule is O=C(CCCCCC(=O)N/N=C/c1ccc(CN2C(=O)CC/C=C/CCC(=O)O[C@@H]3CCCC[C@H]32)cc1)NO. The molecule has 1 saturated carbocycles. The first kappa shape index (κ1) is 30.0. The molecule has 1 aliphatic heterocycles. The molecule has 3 rings (SSSR count). The van der Waals surface area contributed by atoms with Crippen molar-refractivity contribution in [3.8, 4) is 0 Å². The predicted molar refractivity (Wildman–Crippen MR) is 145 cm³/mol. The Kier molecular flexibility index (Phi) is 12.7. The molecule has 3 N–H and O–H groups in total. The van der Waals surface area contributed by atoms with Gasteiger partial charge in [0.15, 0.2) is 0 Å². The molecule has 39 heavy (non-hydrogen) atoms.